The van der Waals surface area contributed by atoms with Gasteiger partial charge in [0.25, 0.3) is 5.56 Å². The van der Waals surface area contributed by atoms with Gasteiger partial charge < -0.3 is 4.42 Å². The molecule has 0 unspecified atom stereocenters. The molecule has 0 fully saturated rings. The molecule has 0 atom stereocenters. The molecule has 1 aromatic carbocycles. The first-order valence-corrected chi connectivity index (χ1v) is 4.39. The van der Waals surface area contributed by atoms with Crippen LogP contribution in [0.5, 0.6) is 0 Å². The number of para-hydroxylation sites is 1. The molecule has 5 heteroatoms. The number of aromatic amines is 2. The van der Waals surface area contributed by atoms with Gasteiger partial charge in [-0.25, -0.2) is 0 Å². The Kier molecular flexibility index (Phi) is 1.39. The molecule has 0 amide bonds. The maximum atomic E-state index is 11.9. The quantitative estimate of drug-likeness (QED) is 0.569. The number of aromatic nitrogens is 2. The Bertz CT molecular complexity index is 763. The maximum Gasteiger partial charge on any atom is 0.279 e. The summed E-state index contributed by atoms with van der Waals surface area (Å²) in [7, 11) is 0. The van der Waals surface area contributed by atoms with E-state index in [1.54, 1.807) is 24.3 Å². The predicted octanol–water partition coefficient (Wildman–Crippen LogP) is 0.963. The first-order valence-electron chi connectivity index (χ1n) is 4.39. The second kappa shape index (κ2) is 2.60. The molecule has 0 radical (unpaired) electrons. The minimum absolute atomic E-state index is 0.0358. The second-order valence-electron chi connectivity index (χ2n) is 3.21. The summed E-state index contributed by atoms with van der Waals surface area (Å²) in [5.41, 5.74) is -0.118. The van der Waals surface area contributed by atoms with Crippen LogP contribution in [0.25, 0.3) is 22.1 Å². The molecule has 0 spiro atoms. The van der Waals surface area contributed by atoms with Crippen LogP contribution in [0, 0.1) is 0 Å². The van der Waals surface area contributed by atoms with Crippen molar-refractivity contribution in [1.29, 1.82) is 0 Å². The summed E-state index contributed by atoms with van der Waals surface area (Å²) in [5, 5.41) is 5.28. The molecule has 2 heterocycles. The van der Waals surface area contributed by atoms with Gasteiger partial charge in [-0.05, 0) is 12.1 Å². The first-order chi connectivity index (χ1) is 7.27. The molecule has 0 aliphatic carbocycles. The molecule has 3 aromatic rings. The molecule has 0 saturated carbocycles. The molecule has 0 saturated heterocycles. The minimum Gasteiger partial charge on any atom is -0.438 e. The third-order valence-corrected chi connectivity index (χ3v) is 2.31. The van der Waals surface area contributed by atoms with Crippen molar-refractivity contribution in [2.24, 2.45) is 0 Å². The molecule has 5 nitrogen and oxygen atoms in total. The van der Waals surface area contributed by atoms with Gasteiger partial charge in [0.05, 0.1) is 5.39 Å². The van der Waals surface area contributed by atoms with Crippen LogP contribution in [0.2, 0.25) is 0 Å². The van der Waals surface area contributed by atoms with E-state index in [9.17, 15) is 9.59 Å². The minimum atomic E-state index is -0.454. The average Bonchev–Trinajstić information content (AvgIpc) is 2.61. The van der Waals surface area contributed by atoms with E-state index in [2.05, 4.69) is 10.2 Å². The number of benzene rings is 1. The topological polar surface area (TPSA) is 78.9 Å². The van der Waals surface area contributed by atoms with Crippen LogP contribution in [0.4, 0.5) is 0 Å². The molecular weight excluding hydrogens is 196 g/mol. The Morgan fingerprint density at radius 2 is 1.87 bits per heavy atom. The molecular formula is C10H6N2O3. The van der Waals surface area contributed by atoms with Crippen LogP contribution in [0.3, 0.4) is 0 Å². The standard InChI is InChI=1S/C10H6N2O3/c13-8-5-3-1-2-4-6(5)15-10-7(8)9(14)11-12-10/h1-4H,(H2,11,12,14). The summed E-state index contributed by atoms with van der Waals surface area (Å²) in [5.74, 6) is 0. The van der Waals surface area contributed by atoms with E-state index in [0.29, 0.717) is 11.0 Å². The van der Waals surface area contributed by atoms with Crippen molar-refractivity contribution in [3.8, 4) is 0 Å². The van der Waals surface area contributed by atoms with E-state index in [-0.39, 0.29) is 16.5 Å². The van der Waals surface area contributed by atoms with E-state index in [1.807, 2.05) is 0 Å². The summed E-state index contributed by atoms with van der Waals surface area (Å²) in [6.07, 6.45) is 0. The van der Waals surface area contributed by atoms with E-state index in [0.717, 1.165) is 0 Å². The van der Waals surface area contributed by atoms with Crippen molar-refractivity contribution in [2.75, 3.05) is 0 Å². The normalized spacial score (nSPS) is 11.2. The molecule has 2 aromatic heterocycles. The largest absolute Gasteiger partial charge is 0.438 e. The summed E-state index contributed by atoms with van der Waals surface area (Å²) < 4.78 is 5.36. The Morgan fingerprint density at radius 1 is 1.07 bits per heavy atom. The Labute approximate surface area is 82.3 Å². The van der Waals surface area contributed by atoms with Gasteiger partial charge in [-0.1, -0.05) is 12.1 Å². The van der Waals surface area contributed by atoms with E-state index >= 15 is 0 Å². The zero-order valence-electron chi connectivity index (χ0n) is 7.53. The monoisotopic (exact) mass is 202 g/mol. The van der Waals surface area contributed by atoms with Crippen molar-refractivity contribution >= 4 is 22.1 Å². The highest BCUT2D eigenvalue weighted by molar-refractivity contribution is 5.87. The number of H-pyrrole nitrogens is 2. The number of nitrogens with one attached hydrogen (secondary N) is 2. The Hall–Kier alpha value is -2.30. The van der Waals surface area contributed by atoms with E-state index in [1.165, 1.54) is 0 Å². The smallest absolute Gasteiger partial charge is 0.279 e. The third kappa shape index (κ3) is 0.969. The van der Waals surface area contributed by atoms with Gasteiger partial charge in [0.15, 0.2) is 5.39 Å². The highest BCUT2D eigenvalue weighted by atomic mass is 16.3. The van der Waals surface area contributed by atoms with Crippen LogP contribution in [0.1, 0.15) is 0 Å². The number of fused-ring (bicyclic) bond motifs is 2. The van der Waals surface area contributed by atoms with Crippen molar-refractivity contribution in [3.05, 3.63) is 44.8 Å². The van der Waals surface area contributed by atoms with Crippen molar-refractivity contribution < 1.29 is 4.42 Å². The fourth-order valence-corrected chi connectivity index (χ4v) is 1.61. The molecule has 15 heavy (non-hydrogen) atoms. The average molecular weight is 202 g/mol. The third-order valence-electron chi connectivity index (χ3n) is 2.31. The molecule has 0 aliphatic heterocycles. The summed E-state index contributed by atoms with van der Waals surface area (Å²) >= 11 is 0. The van der Waals surface area contributed by atoms with Crippen LogP contribution >= 0.6 is 0 Å². The van der Waals surface area contributed by atoms with Crippen molar-refractivity contribution in [1.82, 2.24) is 10.2 Å². The summed E-state index contributed by atoms with van der Waals surface area (Å²) in [6, 6.07) is 6.81. The van der Waals surface area contributed by atoms with Crippen LogP contribution in [-0.2, 0) is 0 Å². The van der Waals surface area contributed by atoms with Gasteiger partial charge in [-0.2, -0.15) is 0 Å². The Morgan fingerprint density at radius 3 is 2.73 bits per heavy atom. The highest BCUT2D eigenvalue weighted by Crippen LogP contribution is 2.13. The lowest BCUT2D eigenvalue weighted by molar-refractivity contribution is 0.642. The second-order valence-corrected chi connectivity index (χ2v) is 3.21. The van der Waals surface area contributed by atoms with Crippen LogP contribution in [-0.4, -0.2) is 10.2 Å². The predicted molar refractivity (Wildman–Crippen MR) is 55.0 cm³/mol. The molecule has 3 rings (SSSR count). The summed E-state index contributed by atoms with van der Waals surface area (Å²) in [6.45, 7) is 0. The number of hydrogen-bond acceptors (Lipinski definition) is 3. The zero-order chi connectivity index (χ0) is 10.4. The van der Waals surface area contributed by atoms with Crippen LogP contribution < -0.4 is 11.0 Å². The van der Waals surface area contributed by atoms with Crippen LogP contribution in [0.15, 0.2) is 38.3 Å². The maximum absolute atomic E-state index is 11.9. The van der Waals surface area contributed by atoms with E-state index < -0.39 is 5.56 Å². The van der Waals surface area contributed by atoms with E-state index in [4.69, 9.17) is 4.42 Å². The fourth-order valence-electron chi connectivity index (χ4n) is 1.61. The van der Waals surface area contributed by atoms with Gasteiger partial charge in [-0.3, -0.25) is 19.8 Å². The van der Waals surface area contributed by atoms with Gasteiger partial charge in [0, 0.05) is 0 Å². The zero-order valence-corrected chi connectivity index (χ0v) is 7.53. The number of rotatable bonds is 0. The Balaban J connectivity index is 2.75. The lowest BCUT2D eigenvalue weighted by Crippen LogP contribution is -2.10. The highest BCUT2D eigenvalue weighted by Gasteiger charge is 2.11. The summed E-state index contributed by atoms with van der Waals surface area (Å²) in [4.78, 5) is 23.2. The SMILES string of the molecule is O=c1[nH][nH]c2oc3ccccc3c(=O)c12. The molecule has 0 aliphatic rings. The van der Waals surface area contributed by atoms with Gasteiger partial charge in [0.1, 0.15) is 5.58 Å². The van der Waals surface area contributed by atoms with Crippen molar-refractivity contribution in [2.45, 2.75) is 0 Å². The van der Waals surface area contributed by atoms with Gasteiger partial charge in [-0.15, -0.1) is 0 Å². The molecule has 0 bridgehead atoms. The molecule has 74 valence electrons. The lowest BCUT2D eigenvalue weighted by atomic mass is 10.2. The lowest BCUT2D eigenvalue weighted by Gasteiger charge is -1.94. The van der Waals surface area contributed by atoms with Gasteiger partial charge >= 0.3 is 0 Å². The fraction of sp³-hybridized carbons (Fsp3) is 0. The van der Waals surface area contributed by atoms with Gasteiger partial charge in [0.2, 0.25) is 11.1 Å². The molecule has 2 N–H and O–H groups in total. The first kappa shape index (κ1) is 8.05. The van der Waals surface area contributed by atoms with Crippen molar-refractivity contribution in [3.63, 3.8) is 0 Å². The number of hydrogen-bond donors (Lipinski definition) is 2.